The maximum Gasteiger partial charge on any atom is 0.407 e. The normalized spacial score (nSPS) is 38.9. The van der Waals surface area contributed by atoms with Crippen molar-refractivity contribution in [1.29, 1.82) is 0 Å². The zero-order chi connectivity index (χ0) is 26.8. The SMILES string of the molecule is CC[C@H](C=C[C@@H](C)[C@H]1CCC2C3CC=C4C[C@@H](OC(=O)NCCCO)CC[C@]4(C)C3CC[C@@]21C)C(C)C. The van der Waals surface area contributed by atoms with Crippen LogP contribution in [0, 0.1) is 52.3 Å². The third-order valence-corrected chi connectivity index (χ3v) is 11.6. The highest BCUT2D eigenvalue weighted by Gasteiger charge is 2.59. The van der Waals surface area contributed by atoms with Crippen molar-refractivity contribution in [2.24, 2.45) is 52.3 Å². The van der Waals surface area contributed by atoms with E-state index >= 15 is 0 Å². The van der Waals surface area contributed by atoms with Gasteiger partial charge in [-0.05, 0) is 110 Å². The van der Waals surface area contributed by atoms with Crippen molar-refractivity contribution in [2.75, 3.05) is 13.2 Å². The number of ether oxygens (including phenoxy) is 1. The third kappa shape index (κ3) is 5.70. The van der Waals surface area contributed by atoms with Gasteiger partial charge in [0, 0.05) is 19.6 Å². The van der Waals surface area contributed by atoms with Crippen LogP contribution < -0.4 is 5.32 Å². The number of hydrogen-bond acceptors (Lipinski definition) is 3. The molecule has 4 rings (SSSR count). The summed E-state index contributed by atoms with van der Waals surface area (Å²) < 4.78 is 5.78. The van der Waals surface area contributed by atoms with Gasteiger partial charge in [-0.1, -0.05) is 65.3 Å². The number of amides is 1. The van der Waals surface area contributed by atoms with Gasteiger partial charge in [-0.3, -0.25) is 0 Å². The van der Waals surface area contributed by atoms with Crippen LogP contribution in [0.5, 0.6) is 0 Å². The number of alkyl carbamates (subject to hydrolysis) is 1. The third-order valence-electron chi connectivity index (χ3n) is 11.6. The summed E-state index contributed by atoms with van der Waals surface area (Å²) in [6.45, 7) is 15.3. The molecular formula is C33H55NO3. The van der Waals surface area contributed by atoms with E-state index in [4.69, 9.17) is 9.84 Å². The van der Waals surface area contributed by atoms with Crippen LogP contribution in [0.3, 0.4) is 0 Å². The van der Waals surface area contributed by atoms with E-state index in [0.717, 1.165) is 48.9 Å². The van der Waals surface area contributed by atoms with Gasteiger partial charge in [0.1, 0.15) is 6.10 Å². The number of aliphatic hydroxyl groups excluding tert-OH is 1. The van der Waals surface area contributed by atoms with Crippen LogP contribution in [0.25, 0.3) is 0 Å². The van der Waals surface area contributed by atoms with Crippen molar-refractivity contribution < 1.29 is 14.6 Å². The molecule has 0 radical (unpaired) electrons. The van der Waals surface area contributed by atoms with Gasteiger partial charge < -0.3 is 15.2 Å². The van der Waals surface area contributed by atoms with E-state index in [9.17, 15) is 4.79 Å². The first-order valence-corrected chi connectivity index (χ1v) is 15.6. The molecule has 37 heavy (non-hydrogen) atoms. The second-order valence-corrected chi connectivity index (χ2v) is 13.8. The van der Waals surface area contributed by atoms with Crippen molar-refractivity contribution in [3.05, 3.63) is 23.8 Å². The van der Waals surface area contributed by atoms with Gasteiger partial charge in [0.2, 0.25) is 0 Å². The maximum absolute atomic E-state index is 12.2. The monoisotopic (exact) mass is 513 g/mol. The van der Waals surface area contributed by atoms with Gasteiger partial charge in [0.05, 0.1) is 0 Å². The van der Waals surface area contributed by atoms with Crippen LogP contribution in [0.1, 0.15) is 106 Å². The van der Waals surface area contributed by atoms with E-state index in [1.54, 1.807) is 5.57 Å². The molecule has 3 saturated carbocycles. The van der Waals surface area contributed by atoms with Gasteiger partial charge in [-0.15, -0.1) is 0 Å². The molecule has 0 aromatic carbocycles. The minimum Gasteiger partial charge on any atom is -0.446 e. The molecule has 2 N–H and O–H groups in total. The second kappa shape index (κ2) is 11.8. The van der Waals surface area contributed by atoms with E-state index in [2.05, 4.69) is 65.1 Å². The van der Waals surface area contributed by atoms with Crippen LogP contribution in [-0.4, -0.2) is 30.5 Å². The highest BCUT2D eigenvalue weighted by atomic mass is 16.6. The van der Waals surface area contributed by atoms with Crippen LogP contribution in [0.4, 0.5) is 4.79 Å². The predicted octanol–water partition coefficient (Wildman–Crippen LogP) is 7.92. The Labute approximate surface area is 227 Å². The summed E-state index contributed by atoms with van der Waals surface area (Å²) in [7, 11) is 0. The van der Waals surface area contributed by atoms with Gasteiger partial charge >= 0.3 is 6.09 Å². The molecule has 1 amide bonds. The van der Waals surface area contributed by atoms with Crippen LogP contribution in [0.2, 0.25) is 0 Å². The number of hydrogen-bond donors (Lipinski definition) is 2. The van der Waals surface area contributed by atoms with Gasteiger partial charge in [-0.25, -0.2) is 4.79 Å². The van der Waals surface area contributed by atoms with Gasteiger partial charge in [0.15, 0.2) is 0 Å². The number of fused-ring (bicyclic) bond motifs is 5. The summed E-state index contributed by atoms with van der Waals surface area (Å²) in [5.74, 6) is 5.34. The quantitative estimate of drug-likeness (QED) is 0.243. The molecule has 4 aliphatic carbocycles. The number of aliphatic hydroxyl groups is 1. The maximum atomic E-state index is 12.2. The summed E-state index contributed by atoms with van der Waals surface area (Å²) in [6.07, 6.45) is 18.9. The average molecular weight is 514 g/mol. The van der Waals surface area contributed by atoms with Gasteiger partial charge in [0.25, 0.3) is 0 Å². The first-order chi connectivity index (χ1) is 17.6. The van der Waals surface area contributed by atoms with Crippen molar-refractivity contribution in [2.45, 2.75) is 112 Å². The van der Waals surface area contributed by atoms with Crippen LogP contribution in [-0.2, 0) is 4.74 Å². The van der Waals surface area contributed by atoms with Crippen molar-refractivity contribution in [3.8, 4) is 0 Å². The molecule has 0 saturated heterocycles. The minimum atomic E-state index is -0.330. The van der Waals surface area contributed by atoms with Crippen LogP contribution in [0.15, 0.2) is 23.8 Å². The molecule has 0 heterocycles. The largest absolute Gasteiger partial charge is 0.446 e. The Morgan fingerprint density at radius 2 is 1.92 bits per heavy atom. The molecule has 0 aromatic heterocycles. The second-order valence-electron chi connectivity index (χ2n) is 13.8. The predicted molar refractivity (Wildman–Crippen MR) is 152 cm³/mol. The minimum absolute atomic E-state index is 0.0138. The highest BCUT2D eigenvalue weighted by Crippen LogP contribution is 2.67. The lowest BCUT2D eigenvalue weighted by atomic mass is 9.47. The number of carbonyl (C=O) groups excluding carboxylic acids is 1. The van der Waals surface area contributed by atoms with E-state index < -0.39 is 0 Å². The smallest absolute Gasteiger partial charge is 0.407 e. The Kier molecular flexibility index (Phi) is 9.19. The summed E-state index contributed by atoms with van der Waals surface area (Å²) >= 11 is 0. The Morgan fingerprint density at radius 3 is 2.62 bits per heavy atom. The lowest BCUT2D eigenvalue weighted by Gasteiger charge is -2.58. The molecule has 4 nitrogen and oxygen atoms in total. The van der Waals surface area contributed by atoms with Crippen LogP contribution >= 0.6 is 0 Å². The lowest BCUT2D eigenvalue weighted by molar-refractivity contribution is -0.0550. The molecule has 3 fully saturated rings. The number of allylic oxidation sites excluding steroid dienone is 3. The highest BCUT2D eigenvalue weighted by molar-refractivity contribution is 5.67. The fourth-order valence-electron chi connectivity index (χ4n) is 9.38. The molecule has 4 aliphatic rings. The van der Waals surface area contributed by atoms with Crippen molar-refractivity contribution in [1.82, 2.24) is 5.32 Å². The fraction of sp³-hybridized carbons (Fsp3) is 0.848. The number of carbonyl (C=O) groups is 1. The molecule has 0 spiro atoms. The van der Waals surface area contributed by atoms with E-state index in [1.165, 1.54) is 38.5 Å². The van der Waals surface area contributed by atoms with E-state index in [-0.39, 0.29) is 24.2 Å². The summed E-state index contributed by atoms with van der Waals surface area (Å²) in [5, 5.41) is 11.7. The Hall–Kier alpha value is -1.29. The first kappa shape index (κ1) is 28.7. The molecule has 3 unspecified atom stereocenters. The molecule has 4 heteroatoms. The first-order valence-electron chi connectivity index (χ1n) is 15.6. The van der Waals surface area contributed by atoms with Gasteiger partial charge in [-0.2, -0.15) is 0 Å². The van der Waals surface area contributed by atoms with E-state index in [0.29, 0.717) is 30.2 Å². The molecule has 0 aliphatic heterocycles. The van der Waals surface area contributed by atoms with Crippen molar-refractivity contribution >= 4 is 6.09 Å². The lowest BCUT2D eigenvalue weighted by Crippen LogP contribution is -2.51. The number of rotatable bonds is 9. The average Bonchev–Trinajstić information content (AvgIpc) is 3.22. The molecular weight excluding hydrogens is 458 g/mol. The van der Waals surface area contributed by atoms with Crippen molar-refractivity contribution in [3.63, 3.8) is 0 Å². The Bertz CT molecular complexity index is 849. The number of nitrogens with one attached hydrogen (secondary N) is 1. The molecule has 0 aromatic rings. The summed E-state index contributed by atoms with van der Waals surface area (Å²) in [5.41, 5.74) is 2.30. The molecule has 9 atom stereocenters. The standard InChI is InChI=1S/C33H55NO3/c1-7-24(22(2)3)10-9-23(4)28-13-14-29-27-12-11-25-21-26(37-31(36)34-19-8-20-35)15-17-32(25,5)30(27)16-18-33(28,29)6/h9-11,22-24,26-30,35H,7-8,12-21H2,1-6H3,(H,34,36)/t23-,24-,26+,27?,28-,29?,30?,32+,33-/m1/s1. The summed E-state index contributed by atoms with van der Waals surface area (Å²) in [4.78, 5) is 12.2. The molecule has 0 bridgehead atoms. The Balaban J connectivity index is 1.42. The fourth-order valence-corrected chi connectivity index (χ4v) is 9.38. The Morgan fingerprint density at radius 1 is 1.14 bits per heavy atom. The molecule has 210 valence electrons. The summed E-state index contributed by atoms with van der Waals surface area (Å²) in [6, 6.07) is 0. The topological polar surface area (TPSA) is 58.6 Å². The zero-order valence-corrected chi connectivity index (χ0v) is 24.6. The van der Waals surface area contributed by atoms with E-state index in [1.807, 2.05) is 0 Å². The zero-order valence-electron chi connectivity index (χ0n) is 24.6.